The molecule has 0 saturated carbocycles. The average molecular weight is 322 g/mol. The fraction of sp³-hybridized carbons (Fsp3) is 0.0909. The van der Waals surface area contributed by atoms with Crippen molar-refractivity contribution in [2.45, 2.75) is 6.04 Å². The Morgan fingerprint density at radius 2 is 1.71 bits per heavy atom. The molecule has 2 N–H and O–H groups in total. The van der Waals surface area contributed by atoms with Crippen molar-refractivity contribution in [2.24, 2.45) is 5.73 Å². The van der Waals surface area contributed by atoms with E-state index in [9.17, 15) is 13.2 Å². The van der Waals surface area contributed by atoms with Crippen molar-refractivity contribution in [2.75, 3.05) is 0 Å². The van der Waals surface area contributed by atoms with E-state index < -0.39 is 23.5 Å². The fourth-order valence-corrected chi connectivity index (χ4v) is 2.92. The average Bonchev–Trinajstić information content (AvgIpc) is 2.63. The quantitative estimate of drug-likeness (QED) is 0.889. The maximum Gasteiger partial charge on any atom is 0.134 e. The predicted octanol–water partition coefficient (Wildman–Crippen LogP) is 3.98. The number of rotatable bonds is 2. The topological polar surface area (TPSA) is 26.0 Å². The summed E-state index contributed by atoms with van der Waals surface area (Å²) in [5.41, 5.74) is 5.45. The molecule has 1 nitrogen and oxygen atoms in total. The van der Waals surface area contributed by atoms with Gasteiger partial charge in [-0.25, -0.2) is 13.2 Å². The summed E-state index contributed by atoms with van der Waals surface area (Å²) in [6.07, 6.45) is 0. The van der Waals surface area contributed by atoms with Crippen molar-refractivity contribution in [3.63, 3.8) is 0 Å². The molecule has 0 saturated heterocycles. The van der Waals surface area contributed by atoms with Gasteiger partial charge in [-0.2, -0.15) is 0 Å². The lowest BCUT2D eigenvalue weighted by Gasteiger charge is -2.12. The highest BCUT2D eigenvalue weighted by molar-refractivity contribution is 9.11. The molecule has 0 bridgehead atoms. The van der Waals surface area contributed by atoms with Crippen LogP contribution in [0.4, 0.5) is 13.2 Å². The Morgan fingerprint density at radius 3 is 2.18 bits per heavy atom. The molecule has 1 aromatic carbocycles. The van der Waals surface area contributed by atoms with E-state index in [1.54, 1.807) is 12.1 Å². The number of hydrogen-bond acceptors (Lipinski definition) is 2. The van der Waals surface area contributed by atoms with Crippen LogP contribution in [0.5, 0.6) is 0 Å². The van der Waals surface area contributed by atoms with Crippen LogP contribution in [0, 0.1) is 17.5 Å². The van der Waals surface area contributed by atoms with Crippen LogP contribution in [0.15, 0.2) is 28.1 Å². The van der Waals surface area contributed by atoms with Crippen LogP contribution in [0.2, 0.25) is 0 Å². The SMILES string of the molecule is NC(c1ccc(Br)s1)c1c(F)cc(F)cc1F. The lowest BCUT2D eigenvalue weighted by molar-refractivity contribution is 0.516. The van der Waals surface area contributed by atoms with Crippen LogP contribution < -0.4 is 5.73 Å². The number of halogens is 4. The van der Waals surface area contributed by atoms with E-state index in [0.717, 1.165) is 3.79 Å². The molecular formula is C11H7BrF3NS. The Balaban J connectivity index is 2.47. The molecule has 17 heavy (non-hydrogen) atoms. The van der Waals surface area contributed by atoms with Gasteiger partial charge in [-0.1, -0.05) is 0 Å². The molecule has 0 spiro atoms. The Hall–Kier alpha value is -0.850. The maximum absolute atomic E-state index is 13.5. The smallest absolute Gasteiger partial charge is 0.134 e. The minimum atomic E-state index is -0.973. The minimum absolute atomic E-state index is 0.319. The fourth-order valence-electron chi connectivity index (χ4n) is 1.49. The first kappa shape index (κ1) is 12.6. The van der Waals surface area contributed by atoms with Crippen LogP contribution in [0.1, 0.15) is 16.5 Å². The van der Waals surface area contributed by atoms with Crippen molar-refractivity contribution in [1.29, 1.82) is 0 Å². The summed E-state index contributed by atoms with van der Waals surface area (Å²) in [5, 5.41) is 0. The summed E-state index contributed by atoms with van der Waals surface area (Å²) in [6, 6.07) is 3.72. The second-order valence-electron chi connectivity index (χ2n) is 3.40. The van der Waals surface area contributed by atoms with Crippen LogP contribution in [-0.4, -0.2) is 0 Å². The van der Waals surface area contributed by atoms with Gasteiger partial charge in [0.15, 0.2) is 0 Å². The van der Waals surface area contributed by atoms with Crippen molar-refractivity contribution in [3.8, 4) is 0 Å². The highest BCUT2D eigenvalue weighted by atomic mass is 79.9. The molecule has 1 atom stereocenters. The van der Waals surface area contributed by atoms with E-state index in [-0.39, 0.29) is 5.56 Å². The Labute approximate surface area is 108 Å². The molecule has 2 aromatic rings. The highest BCUT2D eigenvalue weighted by Gasteiger charge is 2.20. The Morgan fingerprint density at radius 1 is 1.12 bits per heavy atom. The van der Waals surface area contributed by atoms with Gasteiger partial charge in [0.25, 0.3) is 0 Å². The van der Waals surface area contributed by atoms with E-state index >= 15 is 0 Å². The largest absolute Gasteiger partial charge is 0.319 e. The third kappa shape index (κ3) is 2.53. The number of benzene rings is 1. The third-order valence-electron chi connectivity index (χ3n) is 2.26. The van der Waals surface area contributed by atoms with Crippen molar-refractivity contribution in [3.05, 3.63) is 55.9 Å². The molecule has 0 aliphatic carbocycles. The van der Waals surface area contributed by atoms with E-state index in [1.165, 1.54) is 11.3 Å². The van der Waals surface area contributed by atoms with Crippen LogP contribution in [0.25, 0.3) is 0 Å². The van der Waals surface area contributed by atoms with Gasteiger partial charge in [0.2, 0.25) is 0 Å². The van der Waals surface area contributed by atoms with Crippen molar-refractivity contribution < 1.29 is 13.2 Å². The van der Waals surface area contributed by atoms with Gasteiger partial charge in [-0.3, -0.25) is 0 Å². The molecule has 0 aliphatic rings. The molecule has 1 heterocycles. The van der Waals surface area contributed by atoms with E-state index in [4.69, 9.17) is 5.73 Å². The summed E-state index contributed by atoms with van der Waals surface area (Å²) < 4.78 is 40.5. The monoisotopic (exact) mass is 321 g/mol. The predicted molar refractivity (Wildman–Crippen MR) is 64.4 cm³/mol. The first-order valence-electron chi connectivity index (χ1n) is 4.64. The second kappa shape index (κ2) is 4.80. The van der Waals surface area contributed by atoms with Crippen molar-refractivity contribution in [1.82, 2.24) is 0 Å². The molecule has 1 unspecified atom stereocenters. The lowest BCUT2D eigenvalue weighted by atomic mass is 10.0. The van der Waals surface area contributed by atoms with Gasteiger partial charge >= 0.3 is 0 Å². The Bertz CT molecular complexity index is 532. The highest BCUT2D eigenvalue weighted by Crippen LogP contribution is 2.32. The Kier molecular flexibility index (Phi) is 3.56. The summed E-state index contributed by atoms with van der Waals surface area (Å²) in [5.74, 6) is -2.90. The zero-order chi connectivity index (χ0) is 12.6. The zero-order valence-corrected chi connectivity index (χ0v) is 10.8. The third-order valence-corrected chi connectivity index (χ3v) is 3.96. The minimum Gasteiger partial charge on any atom is -0.319 e. The number of thiophene rings is 1. The van der Waals surface area contributed by atoms with Gasteiger partial charge in [-0.05, 0) is 28.1 Å². The first-order chi connectivity index (χ1) is 7.99. The van der Waals surface area contributed by atoms with Crippen LogP contribution >= 0.6 is 27.3 Å². The normalized spacial score (nSPS) is 12.8. The van der Waals surface area contributed by atoms with E-state index in [0.29, 0.717) is 17.0 Å². The molecule has 90 valence electrons. The number of nitrogens with two attached hydrogens (primary N) is 1. The maximum atomic E-state index is 13.5. The van der Waals surface area contributed by atoms with Gasteiger partial charge < -0.3 is 5.73 Å². The van der Waals surface area contributed by atoms with Gasteiger partial charge in [0.1, 0.15) is 17.5 Å². The van der Waals surface area contributed by atoms with E-state index in [1.807, 2.05) is 0 Å². The molecular weight excluding hydrogens is 315 g/mol. The molecule has 2 rings (SSSR count). The standard InChI is InChI=1S/C11H7BrF3NS/c12-9-2-1-8(17-9)11(16)10-6(14)3-5(13)4-7(10)15/h1-4,11H,16H2. The van der Waals surface area contributed by atoms with E-state index in [2.05, 4.69) is 15.9 Å². The van der Waals surface area contributed by atoms with Gasteiger partial charge in [0, 0.05) is 22.6 Å². The molecule has 1 aromatic heterocycles. The molecule has 6 heteroatoms. The zero-order valence-electron chi connectivity index (χ0n) is 8.38. The van der Waals surface area contributed by atoms with Crippen LogP contribution in [0.3, 0.4) is 0 Å². The summed E-state index contributed by atoms with van der Waals surface area (Å²) in [6.45, 7) is 0. The molecule has 0 amide bonds. The van der Waals surface area contributed by atoms with Crippen molar-refractivity contribution >= 4 is 27.3 Å². The van der Waals surface area contributed by atoms with Gasteiger partial charge in [0.05, 0.1) is 9.83 Å². The van der Waals surface area contributed by atoms with Gasteiger partial charge in [-0.15, -0.1) is 11.3 Å². The molecule has 0 aliphatic heterocycles. The molecule has 0 fully saturated rings. The summed E-state index contributed by atoms with van der Waals surface area (Å²) in [7, 11) is 0. The summed E-state index contributed by atoms with van der Waals surface area (Å²) in [4.78, 5) is 0.598. The first-order valence-corrected chi connectivity index (χ1v) is 6.25. The number of hydrogen-bond donors (Lipinski definition) is 1. The molecule has 0 radical (unpaired) electrons. The summed E-state index contributed by atoms with van der Waals surface area (Å²) >= 11 is 4.51. The second-order valence-corrected chi connectivity index (χ2v) is 5.90. The van der Waals surface area contributed by atoms with Crippen LogP contribution in [-0.2, 0) is 0 Å². The lowest BCUT2D eigenvalue weighted by Crippen LogP contribution is -2.14.